The third kappa shape index (κ3) is 2.84. The van der Waals surface area contributed by atoms with Crippen molar-refractivity contribution < 1.29 is 4.79 Å². The average Bonchev–Trinajstić information content (AvgIpc) is 3.06. The van der Waals surface area contributed by atoms with Gasteiger partial charge in [0.25, 0.3) is 0 Å². The molecule has 1 saturated carbocycles. The van der Waals surface area contributed by atoms with Gasteiger partial charge >= 0.3 is 0 Å². The van der Waals surface area contributed by atoms with Crippen LogP contribution in [0.25, 0.3) is 11.0 Å². The average molecular weight is 312 g/mol. The van der Waals surface area contributed by atoms with E-state index in [0.717, 1.165) is 49.8 Å². The molecular formula is C18H24N4O. The lowest BCUT2D eigenvalue weighted by Crippen LogP contribution is -2.41. The number of carbonyl (C=O) groups is 1. The number of piperidine rings is 1. The van der Waals surface area contributed by atoms with Gasteiger partial charge in [0.1, 0.15) is 0 Å². The van der Waals surface area contributed by atoms with Crippen molar-refractivity contribution in [3.05, 3.63) is 24.0 Å². The van der Waals surface area contributed by atoms with Gasteiger partial charge in [0, 0.05) is 42.2 Å². The minimum Gasteiger partial charge on any atom is -0.342 e. The molecule has 5 heteroatoms. The maximum atomic E-state index is 12.7. The second kappa shape index (κ2) is 6.30. The van der Waals surface area contributed by atoms with Gasteiger partial charge in [-0.2, -0.15) is 5.10 Å². The van der Waals surface area contributed by atoms with E-state index in [1.165, 1.54) is 25.0 Å². The van der Waals surface area contributed by atoms with Gasteiger partial charge in [0.15, 0.2) is 5.65 Å². The number of pyridine rings is 1. The van der Waals surface area contributed by atoms with Gasteiger partial charge < -0.3 is 4.90 Å². The summed E-state index contributed by atoms with van der Waals surface area (Å²) in [6.07, 6.45) is 9.74. The molecule has 1 aliphatic heterocycles. The number of rotatable bonds is 2. The molecule has 1 amide bonds. The summed E-state index contributed by atoms with van der Waals surface area (Å²) >= 11 is 0. The Balaban J connectivity index is 1.41. The summed E-state index contributed by atoms with van der Waals surface area (Å²) in [6.45, 7) is 1.75. The molecule has 0 bridgehead atoms. The Kier molecular flexibility index (Phi) is 4.02. The Morgan fingerprint density at radius 3 is 2.70 bits per heavy atom. The van der Waals surface area contributed by atoms with Crippen LogP contribution in [0.15, 0.2) is 18.3 Å². The minimum atomic E-state index is 0.289. The van der Waals surface area contributed by atoms with Gasteiger partial charge in [-0.3, -0.25) is 9.89 Å². The van der Waals surface area contributed by atoms with Crippen LogP contribution >= 0.6 is 0 Å². The molecule has 2 aromatic heterocycles. The molecule has 0 aromatic carbocycles. The fourth-order valence-corrected chi connectivity index (χ4v) is 4.18. The molecule has 23 heavy (non-hydrogen) atoms. The smallest absolute Gasteiger partial charge is 0.225 e. The minimum absolute atomic E-state index is 0.289. The molecule has 0 spiro atoms. The molecule has 1 N–H and O–H groups in total. The molecule has 0 unspecified atom stereocenters. The number of fused-ring (bicyclic) bond motifs is 1. The Morgan fingerprint density at radius 2 is 1.91 bits per heavy atom. The lowest BCUT2D eigenvalue weighted by atomic mass is 9.86. The summed E-state index contributed by atoms with van der Waals surface area (Å²) in [5, 5.41) is 8.61. The molecular weight excluding hydrogens is 288 g/mol. The Morgan fingerprint density at radius 1 is 1.13 bits per heavy atom. The first-order valence-corrected chi connectivity index (χ1v) is 8.90. The molecule has 3 heterocycles. The number of amides is 1. The van der Waals surface area contributed by atoms with Crippen LogP contribution < -0.4 is 0 Å². The summed E-state index contributed by atoms with van der Waals surface area (Å²) in [7, 11) is 0. The predicted octanol–water partition coefficient (Wildman–Crippen LogP) is 3.24. The van der Waals surface area contributed by atoms with E-state index in [-0.39, 0.29) is 5.92 Å². The van der Waals surface area contributed by atoms with E-state index in [4.69, 9.17) is 0 Å². The topological polar surface area (TPSA) is 61.9 Å². The summed E-state index contributed by atoms with van der Waals surface area (Å²) in [5.41, 5.74) is 1.99. The first-order chi connectivity index (χ1) is 11.3. The van der Waals surface area contributed by atoms with E-state index in [1.54, 1.807) is 6.20 Å². The van der Waals surface area contributed by atoms with Crippen molar-refractivity contribution in [1.82, 2.24) is 20.1 Å². The van der Waals surface area contributed by atoms with Gasteiger partial charge in [0.2, 0.25) is 5.91 Å². The zero-order valence-electron chi connectivity index (χ0n) is 13.5. The van der Waals surface area contributed by atoms with E-state index in [0.29, 0.717) is 11.8 Å². The summed E-state index contributed by atoms with van der Waals surface area (Å²) in [4.78, 5) is 19.0. The highest BCUT2D eigenvalue weighted by molar-refractivity contribution is 5.79. The second-order valence-electron chi connectivity index (χ2n) is 6.95. The molecule has 2 aliphatic rings. The van der Waals surface area contributed by atoms with Crippen LogP contribution in [0, 0.1) is 5.92 Å². The number of carbonyl (C=O) groups excluding carboxylic acids is 1. The van der Waals surface area contributed by atoms with Crippen LogP contribution in [0.4, 0.5) is 0 Å². The molecule has 0 radical (unpaired) electrons. The highest BCUT2D eigenvalue weighted by Gasteiger charge is 2.30. The fraction of sp³-hybridized carbons (Fsp3) is 0.611. The zero-order chi connectivity index (χ0) is 15.6. The predicted molar refractivity (Wildman–Crippen MR) is 89.0 cm³/mol. The molecule has 1 saturated heterocycles. The molecule has 5 nitrogen and oxygen atoms in total. The fourth-order valence-electron chi connectivity index (χ4n) is 4.18. The van der Waals surface area contributed by atoms with Crippen molar-refractivity contribution in [2.24, 2.45) is 5.92 Å². The molecule has 1 aliphatic carbocycles. The third-order valence-corrected chi connectivity index (χ3v) is 5.53. The van der Waals surface area contributed by atoms with Gasteiger partial charge in [-0.15, -0.1) is 0 Å². The number of hydrogen-bond donors (Lipinski definition) is 1. The summed E-state index contributed by atoms with van der Waals surface area (Å²) < 4.78 is 0. The van der Waals surface area contributed by atoms with Crippen LogP contribution in [0.1, 0.15) is 56.6 Å². The first kappa shape index (κ1) is 14.7. The van der Waals surface area contributed by atoms with Crippen molar-refractivity contribution in [2.45, 2.75) is 50.9 Å². The molecule has 0 atom stereocenters. The highest BCUT2D eigenvalue weighted by atomic mass is 16.2. The molecule has 2 fully saturated rings. The second-order valence-corrected chi connectivity index (χ2v) is 6.95. The third-order valence-electron chi connectivity index (χ3n) is 5.53. The molecule has 122 valence electrons. The number of aromatic amines is 1. The standard InChI is InChI=1S/C18H24N4O/c23-18(14-5-2-1-3-6-14)22-11-8-13(9-12-22)16-15-7-4-10-19-17(15)21-20-16/h4,7,10,13-14H,1-3,5-6,8-9,11-12H2,(H,19,20,21). The van der Waals surface area contributed by atoms with Gasteiger partial charge in [0.05, 0.1) is 0 Å². The number of likely N-dealkylation sites (tertiary alicyclic amines) is 1. The number of nitrogens with one attached hydrogen (secondary N) is 1. The van der Waals surface area contributed by atoms with Crippen LogP contribution in [-0.4, -0.2) is 39.1 Å². The lowest BCUT2D eigenvalue weighted by Gasteiger charge is -2.35. The zero-order valence-corrected chi connectivity index (χ0v) is 13.5. The summed E-state index contributed by atoms with van der Waals surface area (Å²) in [6, 6.07) is 4.05. The van der Waals surface area contributed by atoms with Crippen molar-refractivity contribution in [1.29, 1.82) is 0 Å². The monoisotopic (exact) mass is 312 g/mol. The number of nitrogens with zero attached hydrogens (tertiary/aromatic N) is 3. The number of H-pyrrole nitrogens is 1. The normalized spacial score (nSPS) is 21.0. The van der Waals surface area contributed by atoms with Gasteiger partial charge in [-0.1, -0.05) is 19.3 Å². The van der Waals surface area contributed by atoms with Crippen LogP contribution in [-0.2, 0) is 4.79 Å². The number of hydrogen-bond acceptors (Lipinski definition) is 3. The van der Waals surface area contributed by atoms with Crippen molar-refractivity contribution in [3.8, 4) is 0 Å². The molecule has 4 rings (SSSR count). The maximum Gasteiger partial charge on any atom is 0.225 e. The van der Waals surface area contributed by atoms with Gasteiger partial charge in [-0.05, 0) is 37.8 Å². The van der Waals surface area contributed by atoms with Crippen LogP contribution in [0.5, 0.6) is 0 Å². The van der Waals surface area contributed by atoms with E-state index in [9.17, 15) is 4.79 Å². The van der Waals surface area contributed by atoms with Crippen molar-refractivity contribution in [2.75, 3.05) is 13.1 Å². The quantitative estimate of drug-likeness (QED) is 0.926. The van der Waals surface area contributed by atoms with E-state index >= 15 is 0 Å². The first-order valence-electron chi connectivity index (χ1n) is 8.90. The lowest BCUT2D eigenvalue weighted by molar-refractivity contribution is -0.137. The van der Waals surface area contributed by atoms with E-state index in [1.807, 2.05) is 6.07 Å². The van der Waals surface area contributed by atoms with Gasteiger partial charge in [-0.25, -0.2) is 4.98 Å². The van der Waals surface area contributed by atoms with Crippen LogP contribution in [0.2, 0.25) is 0 Å². The van der Waals surface area contributed by atoms with E-state index < -0.39 is 0 Å². The Labute approximate surface area is 136 Å². The SMILES string of the molecule is O=C(C1CCCCC1)N1CCC(c2[nH]nc3ncccc23)CC1. The summed E-state index contributed by atoms with van der Waals surface area (Å²) in [5.74, 6) is 1.15. The Hall–Kier alpha value is -1.91. The van der Waals surface area contributed by atoms with Crippen LogP contribution in [0.3, 0.4) is 0 Å². The largest absolute Gasteiger partial charge is 0.342 e. The number of aromatic nitrogens is 3. The maximum absolute atomic E-state index is 12.7. The Bertz CT molecular complexity index is 681. The van der Waals surface area contributed by atoms with Crippen molar-refractivity contribution >= 4 is 16.9 Å². The van der Waals surface area contributed by atoms with Crippen molar-refractivity contribution in [3.63, 3.8) is 0 Å². The highest BCUT2D eigenvalue weighted by Crippen LogP contribution is 2.32. The van der Waals surface area contributed by atoms with E-state index in [2.05, 4.69) is 26.1 Å². The molecule has 2 aromatic rings.